The average molecular weight is 226 g/mol. The standard InChI is InChI=1S/C12H18O2S/c1-4-12(15)10-7-6-9(14-5-2)8-11(10)13-3/h6-8,12,15H,4-5H2,1-3H3. The second-order valence-corrected chi connectivity index (χ2v) is 3.88. The maximum atomic E-state index is 5.41. The number of ether oxygens (including phenoxy) is 2. The third-order valence-electron chi connectivity index (χ3n) is 2.26. The molecule has 0 aliphatic rings. The summed E-state index contributed by atoms with van der Waals surface area (Å²) in [5.74, 6) is 1.69. The van der Waals surface area contributed by atoms with Gasteiger partial charge in [-0.25, -0.2) is 0 Å². The molecule has 0 heterocycles. The number of rotatable bonds is 5. The summed E-state index contributed by atoms with van der Waals surface area (Å²) in [7, 11) is 1.67. The van der Waals surface area contributed by atoms with Crippen molar-refractivity contribution in [2.75, 3.05) is 13.7 Å². The van der Waals surface area contributed by atoms with E-state index in [4.69, 9.17) is 9.47 Å². The number of benzene rings is 1. The van der Waals surface area contributed by atoms with Crippen LogP contribution in [-0.2, 0) is 0 Å². The van der Waals surface area contributed by atoms with Crippen molar-refractivity contribution in [1.82, 2.24) is 0 Å². The number of hydrogen-bond acceptors (Lipinski definition) is 3. The van der Waals surface area contributed by atoms with Crippen LogP contribution in [0.1, 0.15) is 31.1 Å². The van der Waals surface area contributed by atoms with Gasteiger partial charge in [-0.3, -0.25) is 0 Å². The van der Waals surface area contributed by atoms with Crippen LogP contribution in [0.2, 0.25) is 0 Å². The van der Waals surface area contributed by atoms with Crippen LogP contribution in [0.25, 0.3) is 0 Å². The maximum absolute atomic E-state index is 5.41. The summed E-state index contributed by atoms with van der Waals surface area (Å²) >= 11 is 4.51. The van der Waals surface area contributed by atoms with Gasteiger partial charge in [0.25, 0.3) is 0 Å². The highest BCUT2D eigenvalue weighted by Crippen LogP contribution is 2.34. The highest BCUT2D eigenvalue weighted by atomic mass is 32.1. The van der Waals surface area contributed by atoms with E-state index in [1.165, 1.54) is 0 Å². The normalized spacial score (nSPS) is 12.3. The Bertz CT molecular complexity index is 312. The molecule has 0 saturated heterocycles. The smallest absolute Gasteiger partial charge is 0.126 e. The van der Waals surface area contributed by atoms with Gasteiger partial charge in [0, 0.05) is 16.9 Å². The lowest BCUT2D eigenvalue weighted by atomic mass is 10.1. The van der Waals surface area contributed by atoms with Crippen molar-refractivity contribution < 1.29 is 9.47 Å². The molecule has 3 heteroatoms. The first-order valence-electron chi connectivity index (χ1n) is 5.21. The Morgan fingerprint density at radius 3 is 2.60 bits per heavy atom. The zero-order chi connectivity index (χ0) is 11.3. The third-order valence-corrected chi connectivity index (χ3v) is 2.90. The second-order valence-electron chi connectivity index (χ2n) is 3.26. The van der Waals surface area contributed by atoms with Gasteiger partial charge in [-0.15, -0.1) is 0 Å². The van der Waals surface area contributed by atoms with Gasteiger partial charge in [0.1, 0.15) is 11.5 Å². The molecule has 0 saturated carbocycles. The van der Waals surface area contributed by atoms with Crippen LogP contribution >= 0.6 is 12.6 Å². The molecule has 0 bridgehead atoms. The van der Waals surface area contributed by atoms with Crippen LogP contribution in [-0.4, -0.2) is 13.7 Å². The first kappa shape index (κ1) is 12.2. The molecule has 2 nitrogen and oxygen atoms in total. The van der Waals surface area contributed by atoms with E-state index in [9.17, 15) is 0 Å². The van der Waals surface area contributed by atoms with Crippen LogP contribution < -0.4 is 9.47 Å². The van der Waals surface area contributed by atoms with Gasteiger partial charge in [0.15, 0.2) is 0 Å². The zero-order valence-corrected chi connectivity index (χ0v) is 10.4. The number of hydrogen-bond donors (Lipinski definition) is 1. The lowest BCUT2D eigenvalue weighted by molar-refractivity contribution is 0.335. The van der Waals surface area contributed by atoms with Gasteiger partial charge >= 0.3 is 0 Å². The molecule has 0 aliphatic heterocycles. The minimum Gasteiger partial charge on any atom is -0.496 e. The van der Waals surface area contributed by atoms with Crippen LogP contribution in [0.4, 0.5) is 0 Å². The topological polar surface area (TPSA) is 18.5 Å². The number of methoxy groups -OCH3 is 1. The highest BCUT2D eigenvalue weighted by molar-refractivity contribution is 7.80. The molecule has 0 N–H and O–H groups in total. The monoisotopic (exact) mass is 226 g/mol. The largest absolute Gasteiger partial charge is 0.496 e. The molecule has 84 valence electrons. The molecule has 0 radical (unpaired) electrons. The first-order chi connectivity index (χ1) is 7.22. The molecule has 15 heavy (non-hydrogen) atoms. The van der Waals surface area contributed by atoms with E-state index in [0.717, 1.165) is 23.5 Å². The van der Waals surface area contributed by atoms with E-state index >= 15 is 0 Å². The van der Waals surface area contributed by atoms with Gasteiger partial charge in [-0.05, 0) is 19.4 Å². The van der Waals surface area contributed by atoms with E-state index < -0.39 is 0 Å². The summed E-state index contributed by atoms with van der Waals surface area (Å²) in [6.45, 7) is 4.74. The average Bonchev–Trinajstić information content (AvgIpc) is 2.28. The van der Waals surface area contributed by atoms with Crippen molar-refractivity contribution in [3.05, 3.63) is 23.8 Å². The van der Waals surface area contributed by atoms with Crippen molar-refractivity contribution in [2.45, 2.75) is 25.5 Å². The zero-order valence-electron chi connectivity index (χ0n) is 9.49. The van der Waals surface area contributed by atoms with Gasteiger partial charge in [-0.2, -0.15) is 12.6 Å². The fraction of sp³-hybridized carbons (Fsp3) is 0.500. The summed E-state index contributed by atoms with van der Waals surface area (Å²) in [4.78, 5) is 0. The second kappa shape index (κ2) is 5.91. The van der Waals surface area contributed by atoms with Crippen molar-refractivity contribution in [2.24, 2.45) is 0 Å². The quantitative estimate of drug-likeness (QED) is 0.775. The molecule has 0 aliphatic carbocycles. The molecule has 0 aromatic heterocycles. The van der Waals surface area contributed by atoms with Gasteiger partial charge < -0.3 is 9.47 Å². The lowest BCUT2D eigenvalue weighted by Gasteiger charge is -2.14. The summed E-state index contributed by atoms with van der Waals surface area (Å²) in [5.41, 5.74) is 1.12. The Hall–Kier alpha value is -0.830. The van der Waals surface area contributed by atoms with E-state index in [1.807, 2.05) is 25.1 Å². The molecule has 0 amide bonds. The van der Waals surface area contributed by atoms with Crippen molar-refractivity contribution in [3.63, 3.8) is 0 Å². The minimum atomic E-state index is 0.218. The van der Waals surface area contributed by atoms with Crippen molar-refractivity contribution in [3.8, 4) is 11.5 Å². The van der Waals surface area contributed by atoms with E-state index in [-0.39, 0.29) is 5.25 Å². The van der Waals surface area contributed by atoms with E-state index in [2.05, 4.69) is 19.6 Å². The fourth-order valence-electron chi connectivity index (χ4n) is 1.44. The highest BCUT2D eigenvalue weighted by Gasteiger charge is 2.11. The van der Waals surface area contributed by atoms with Gasteiger partial charge in [0.2, 0.25) is 0 Å². The van der Waals surface area contributed by atoms with Crippen LogP contribution in [0.3, 0.4) is 0 Å². The molecule has 1 rings (SSSR count). The Kier molecular flexibility index (Phi) is 4.82. The Labute approximate surface area is 97.0 Å². The maximum Gasteiger partial charge on any atom is 0.126 e. The number of thiol groups is 1. The lowest BCUT2D eigenvalue weighted by Crippen LogP contribution is -1.97. The molecule has 1 atom stereocenters. The fourth-order valence-corrected chi connectivity index (χ4v) is 1.66. The molecule has 0 fully saturated rings. The van der Waals surface area contributed by atoms with Crippen molar-refractivity contribution in [1.29, 1.82) is 0 Å². The third kappa shape index (κ3) is 3.06. The molecule has 1 aromatic rings. The Morgan fingerprint density at radius 1 is 1.33 bits per heavy atom. The first-order valence-corrected chi connectivity index (χ1v) is 5.73. The predicted molar refractivity (Wildman–Crippen MR) is 66.2 cm³/mol. The van der Waals surface area contributed by atoms with Crippen LogP contribution in [0.15, 0.2) is 18.2 Å². The SMILES string of the molecule is CCOc1ccc(C(S)CC)c(OC)c1. The molecule has 1 unspecified atom stereocenters. The van der Waals surface area contributed by atoms with Crippen molar-refractivity contribution >= 4 is 12.6 Å². The Morgan fingerprint density at radius 2 is 2.07 bits per heavy atom. The summed E-state index contributed by atoms with van der Waals surface area (Å²) in [6.07, 6.45) is 0.980. The van der Waals surface area contributed by atoms with E-state index in [1.54, 1.807) is 7.11 Å². The molecule has 0 spiro atoms. The van der Waals surface area contributed by atoms with Crippen LogP contribution in [0.5, 0.6) is 11.5 Å². The summed E-state index contributed by atoms with van der Waals surface area (Å²) < 4.78 is 10.7. The minimum absolute atomic E-state index is 0.218. The predicted octanol–water partition coefficient (Wildman–Crippen LogP) is 3.47. The summed E-state index contributed by atoms with van der Waals surface area (Å²) in [5, 5.41) is 0.218. The molecule has 1 aromatic carbocycles. The van der Waals surface area contributed by atoms with Gasteiger partial charge in [0.05, 0.1) is 13.7 Å². The molecular weight excluding hydrogens is 208 g/mol. The van der Waals surface area contributed by atoms with Gasteiger partial charge in [-0.1, -0.05) is 13.0 Å². The molecular formula is C12H18O2S. The summed E-state index contributed by atoms with van der Waals surface area (Å²) in [6, 6.07) is 5.89. The van der Waals surface area contributed by atoms with E-state index in [0.29, 0.717) is 6.61 Å². The Balaban J connectivity index is 2.98. The van der Waals surface area contributed by atoms with Crippen LogP contribution in [0, 0.1) is 0 Å².